The molecule has 0 atom stereocenters. The molecule has 0 saturated carbocycles. The van der Waals surface area contributed by atoms with Gasteiger partial charge in [0.05, 0.1) is 19.9 Å². The molecule has 1 heterocycles. The first-order chi connectivity index (χ1) is 15.5. The monoisotopic (exact) mass is 454 g/mol. The molecule has 2 aromatic carbocycles. The Morgan fingerprint density at radius 1 is 1.06 bits per heavy atom. The van der Waals surface area contributed by atoms with E-state index in [0.29, 0.717) is 24.5 Å². The molecule has 0 fully saturated rings. The summed E-state index contributed by atoms with van der Waals surface area (Å²) < 4.78 is 12.7. The minimum atomic E-state index is 0.0580. The van der Waals surface area contributed by atoms with Gasteiger partial charge in [0.15, 0.2) is 16.7 Å². The molecule has 0 spiro atoms. The average Bonchev–Trinajstić information content (AvgIpc) is 3.17. The van der Waals surface area contributed by atoms with Gasteiger partial charge in [-0.05, 0) is 56.0 Å². The number of benzene rings is 2. The van der Waals surface area contributed by atoms with Gasteiger partial charge in [0, 0.05) is 18.7 Å². The van der Waals surface area contributed by atoms with Crippen LogP contribution in [0.4, 0.5) is 0 Å². The summed E-state index contributed by atoms with van der Waals surface area (Å²) in [5, 5.41) is 12.4. The number of rotatable bonds is 11. The third kappa shape index (κ3) is 6.03. The fourth-order valence-electron chi connectivity index (χ4n) is 3.40. The molecule has 0 bridgehead atoms. The van der Waals surface area contributed by atoms with E-state index < -0.39 is 0 Å². The molecule has 7 nitrogen and oxygen atoms in total. The first-order valence-electron chi connectivity index (χ1n) is 10.6. The molecule has 0 aliphatic carbocycles. The van der Waals surface area contributed by atoms with Gasteiger partial charge in [-0.1, -0.05) is 36.0 Å². The molecule has 0 aliphatic heterocycles. The summed E-state index contributed by atoms with van der Waals surface area (Å²) in [6.45, 7) is 4.62. The minimum absolute atomic E-state index is 0.0580. The summed E-state index contributed by atoms with van der Waals surface area (Å²) >= 11 is 1.63. The Morgan fingerprint density at radius 2 is 1.84 bits per heavy atom. The van der Waals surface area contributed by atoms with Crippen LogP contribution in [0, 0.1) is 13.8 Å². The molecule has 1 aromatic heterocycles. The highest BCUT2D eigenvalue weighted by molar-refractivity contribution is 7.99. The smallest absolute Gasteiger partial charge is 0.220 e. The number of aromatic nitrogens is 3. The van der Waals surface area contributed by atoms with Crippen molar-refractivity contribution in [2.75, 3.05) is 26.5 Å². The maximum atomic E-state index is 12.2. The van der Waals surface area contributed by atoms with Gasteiger partial charge in [-0.15, -0.1) is 10.2 Å². The zero-order valence-electron chi connectivity index (χ0n) is 19.1. The first kappa shape index (κ1) is 23.7. The van der Waals surface area contributed by atoms with Gasteiger partial charge in [-0.25, -0.2) is 0 Å². The summed E-state index contributed by atoms with van der Waals surface area (Å²) in [6.07, 6.45) is 1.99. The Balaban J connectivity index is 1.42. The van der Waals surface area contributed by atoms with Crippen molar-refractivity contribution in [3.63, 3.8) is 0 Å². The molecule has 0 aliphatic rings. The normalized spacial score (nSPS) is 10.8. The SMILES string of the molecule is COc1ccc(CCNC(=O)CCCSc2nnc(C)n2-c2ccccc2C)cc1OC. The third-order valence-electron chi connectivity index (χ3n) is 5.11. The fourth-order valence-corrected chi connectivity index (χ4v) is 4.32. The van der Waals surface area contributed by atoms with Crippen LogP contribution in [0.15, 0.2) is 47.6 Å². The number of methoxy groups -OCH3 is 2. The number of nitrogens with one attached hydrogen (secondary N) is 1. The van der Waals surface area contributed by atoms with Crippen LogP contribution in [0.5, 0.6) is 11.5 Å². The van der Waals surface area contributed by atoms with Gasteiger partial charge >= 0.3 is 0 Å². The number of nitrogens with zero attached hydrogens (tertiary/aromatic N) is 3. The number of hydrogen-bond donors (Lipinski definition) is 1. The molecule has 0 saturated heterocycles. The molecule has 0 unspecified atom stereocenters. The second kappa shape index (κ2) is 11.6. The van der Waals surface area contributed by atoms with Crippen LogP contribution in [0.2, 0.25) is 0 Å². The molecule has 0 radical (unpaired) electrons. The molecule has 3 aromatic rings. The van der Waals surface area contributed by atoms with E-state index in [0.717, 1.165) is 40.8 Å². The zero-order chi connectivity index (χ0) is 22.9. The van der Waals surface area contributed by atoms with E-state index in [1.165, 1.54) is 5.56 Å². The van der Waals surface area contributed by atoms with E-state index in [4.69, 9.17) is 9.47 Å². The number of amides is 1. The second-order valence-electron chi connectivity index (χ2n) is 7.39. The van der Waals surface area contributed by atoms with Gasteiger partial charge < -0.3 is 14.8 Å². The quantitative estimate of drug-likeness (QED) is 0.347. The molecular weight excluding hydrogens is 424 g/mol. The predicted molar refractivity (Wildman–Crippen MR) is 127 cm³/mol. The van der Waals surface area contributed by atoms with Crippen LogP contribution in [0.3, 0.4) is 0 Å². The summed E-state index contributed by atoms with van der Waals surface area (Å²) in [4.78, 5) is 12.2. The number of aryl methyl sites for hydroxylation is 2. The Bertz CT molecular complexity index is 1050. The molecule has 32 heavy (non-hydrogen) atoms. The largest absolute Gasteiger partial charge is 0.493 e. The van der Waals surface area contributed by atoms with Crippen LogP contribution < -0.4 is 14.8 Å². The highest BCUT2D eigenvalue weighted by Gasteiger charge is 2.13. The number of hydrogen-bond acceptors (Lipinski definition) is 6. The maximum absolute atomic E-state index is 12.2. The first-order valence-corrected chi connectivity index (χ1v) is 11.6. The average molecular weight is 455 g/mol. The standard InChI is InChI=1S/C24H30N4O3S/c1-17-8-5-6-9-20(17)28-18(2)26-27-24(28)32-15-7-10-23(29)25-14-13-19-11-12-21(30-3)22(16-19)31-4/h5-6,8-9,11-12,16H,7,10,13-15H2,1-4H3,(H,25,29). The lowest BCUT2D eigenvalue weighted by atomic mass is 10.1. The van der Waals surface area contributed by atoms with Crippen LogP contribution >= 0.6 is 11.8 Å². The van der Waals surface area contributed by atoms with Crippen LogP contribution in [-0.2, 0) is 11.2 Å². The molecule has 3 rings (SSSR count). The molecule has 1 N–H and O–H groups in total. The van der Waals surface area contributed by atoms with Gasteiger partial charge in [0.1, 0.15) is 5.82 Å². The van der Waals surface area contributed by atoms with Crippen molar-refractivity contribution in [2.45, 2.75) is 38.3 Å². The summed E-state index contributed by atoms with van der Waals surface area (Å²) in [7, 11) is 3.23. The maximum Gasteiger partial charge on any atom is 0.220 e. The summed E-state index contributed by atoms with van der Waals surface area (Å²) in [5.41, 5.74) is 3.35. The fraction of sp³-hybridized carbons (Fsp3) is 0.375. The van der Waals surface area contributed by atoms with Crippen molar-refractivity contribution in [3.8, 4) is 17.2 Å². The lowest BCUT2D eigenvalue weighted by Crippen LogP contribution is -2.25. The van der Waals surface area contributed by atoms with Crippen molar-refractivity contribution >= 4 is 17.7 Å². The third-order valence-corrected chi connectivity index (χ3v) is 6.13. The van der Waals surface area contributed by atoms with Crippen molar-refractivity contribution in [1.29, 1.82) is 0 Å². The van der Waals surface area contributed by atoms with Crippen molar-refractivity contribution in [1.82, 2.24) is 20.1 Å². The van der Waals surface area contributed by atoms with Gasteiger partial charge in [0.25, 0.3) is 0 Å². The number of thioether (sulfide) groups is 1. The van der Waals surface area contributed by atoms with E-state index in [2.05, 4.69) is 39.1 Å². The lowest BCUT2D eigenvalue weighted by molar-refractivity contribution is -0.121. The van der Waals surface area contributed by atoms with Crippen LogP contribution in [-0.4, -0.2) is 47.2 Å². The summed E-state index contributed by atoms with van der Waals surface area (Å²) in [6, 6.07) is 14.0. The topological polar surface area (TPSA) is 78.3 Å². The van der Waals surface area contributed by atoms with E-state index in [-0.39, 0.29) is 5.91 Å². The van der Waals surface area contributed by atoms with Crippen molar-refractivity contribution in [3.05, 3.63) is 59.4 Å². The van der Waals surface area contributed by atoms with Gasteiger partial charge in [-0.2, -0.15) is 0 Å². The highest BCUT2D eigenvalue weighted by atomic mass is 32.2. The molecule has 8 heteroatoms. The Kier molecular flexibility index (Phi) is 8.56. The van der Waals surface area contributed by atoms with Crippen LogP contribution in [0.25, 0.3) is 5.69 Å². The van der Waals surface area contributed by atoms with E-state index in [9.17, 15) is 4.79 Å². The van der Waals surface area contributed by atoms with E-state index in [1.807, 2.05) is 37.3 Å². The van der Waals surface area contributed by atoms with Crippen molar-refractivity contribution in [2.24, 2.45) is 0 Å². The molecule has 170 valence electrons. The number of ether oxygens (including phenoxy) is 2. The number of carbonyl (C=O) groups is 1. The van der Waals surface area contributed by atoms with Crippen molar-refractivity contribution < 1.29 is 14.3 Å². The predicted octanol–water partition coefficient (Wildman–Crippen LogP) is 4.13. The highest BCUT2D eigenvalue weighted by Crippen LogP contribution is 2.27. The Hall–Kier alpha value is -3.00. The molecular formula is C24H30N4O3S. The minimum Gasteiger partial charge on any atom is -0.493 e. The van der Waals surface area contributed by atoms with E-state index >= 15 is 0 Å². The lowest BCUT2D eigenvalue weighted by Gasteiger charge is -2.11. The molecule has 1 amide bonds. The van der Waals surface area contributed by atoms with Gasteiger partial charge in [-0.3, -0.25) is 9.36 Å². The van der Waals surface area contributed by atoms with E-state index in [1.54, 1.807) is 26.0 Å². The zero-order valence-corrected chi connectivity index (χ0v) is 19.9. The Morgan fingerprint density at radius 3 is 2.59 bits per heavy atom. The van der Waals surface area contributed by atoms with Crippen LogP contribution in [0.1, 0.15) is 29.8 Å². The number of carbonyl (C=O) groups excluding carboxylic acids is 1. The second-order valence-corrected chi connectivity index (χ2v) is 8.46. The summed E-state index contributed by atoms with van der Waals surface area (Å²) in [5.74, 6) is 3.11. The van der Waals surface area contributed by atoms with Gasteiger partial charge in [0.2, 0.25) is 5.91 Å². The number of para-hydroxylation sites is 1. The Labute approximate surface area is 193 Å².